The molecule has 1 aliphatic rings. The number of carbonyl (C=O) groups excluding carboxylic acids is 1. The highest BCUT2D eigenvalue weighted by Crippen LogP contribution is 2.25. The smallest absolute Gasteiger partial charge is 0.240 e. The molecule has 1 rings (SSSR count). The Morgan fingerprint density at radius 1 is 1.24 bits per heavy atom. The van der Waals surface area contributed by atoms with Gasteiger partial charge in [-0.05, 0) is 19.3 Å². The zero-order valence-corrected chi connectivity index (χ0v) is 10.8. The summed E-state index contributed by atoms with van der Waals surface area (Å²) in [6.07, 6.45) is 4.79. The third-order valence-corrected chi connectivity index (χ3v) is 3.95. The summed E-state index contributed by atoms with van der Waals surface area (Å²) < 4.78 is 21.4. The Labute approximate surface area is 102 Å². The van der Waals surface area contributed by atoms with Crippen LogP contribution in [-0.2, 0) is 14.8 Å². The van der Waals surface area contributed by atoms with Crippen molar-refractivity contribution in [1.29, 1.82) is 0 Å². The number of amides is 1. The molecule has 17 heavy (non-hydrogen) atoms. The van der Waals surface area contributed by atoms with Crippen LogP contribution in [0.5, 0.6) is 0 Å². The molecule has 0 heterocycles. The molecule has 1 amide bonds. The average Bonchev–Trinajstić information content (AvgIpc) is 2.24. The molecule has 0 saturated heterocycles. The maximum Gasteiger partial charge on any atom is 0.240 e. The SMILES string of the molecule is NC1(C(=O)NCCCS(N)(=O)=O)CCCCC1. The molecule has 0 atom stereocenters. The Morgan fingerprint density at radius 2 is 1.82 bits per heavy atom. The van der Waals surface area contributed by atoms with E-state index in [4.69, 9.17) is 10.9 Å². The normalized spacial score (nSPS) is 19.9. The molecular weight excluding hydrogens is 242 g/mol. The van der Waals surface area contributed by atoms with Crippen LogP contribution >= 0.6 is 0 Å². The van der Waals surface area contributed by atoms with Crippen molar-refractivity contribution in [2.24, 2.45) is 10.9 Å². The molecular formula is C10H21N3O3S. The number of nitrogens with two attached hydrogens (primary N) is 2. The topological polar surface area (TPSA) is 115 Å². The van der Waals surface area contributed by atoms with Crippen molar-refractivity contribution in [2.45, 2.75) is 44.1 Å². The molecule has 1 fully saturated rings. The lowest BCUT2D eigenvalue weighted by Crippen LogP contribution is -2.55. The van der Waals surface area contributed by atoms with Crippen LogP contribution in [0.4, 0.5) is 0 Å². The van der Waals surface area contributed by atoms with Crippen LogP contribution in [0.2, 0.25) is 0 Å². The Bertz CT molecular complexity index is 361. The number of carbonyl (C=O) groups is 1. The van der Waals surface area contributed by atoms with Crippen LogP contribution < -0.4 is 16.2 Å². The predicted octanol–water partition coefficient (Wildman–Crippen LogP) is -0.557. The van der Waals surface area contributed by atoms with E-state index in [1.54, 1.807) is 0 Å². The van der Waals surface area contributed by atoms with Crippen LogP contribution in [0.25, 0.3) is 0 Å². The van der Waals surface area contributed by atoms with E-state index in [0.717, 1.165) is 19.3 Å². The first-order chi connectivity index (χ1) is 7.83. The molecule has 0 radical (unpaired) electrons. The molecule has 0 aromatic carbocycles. The average molecular weight is 263 g/mol. The minimum absolute atomic E-state index is 0.120. The first-order valence-electron chi connectivity index (χ1n) is 5.91. The summed E-state index contributed by atoms with van der Waals surface area (Å²) in [4.78, 5) is 11.8. The molecule has 0 aromatic rings. The largest absolute Gasteiger partial charge is 0.354 e. The number of hydrogen-bond acceptors (Lipinski definition) is 4. The van der Waals surface area contributed by atoms with Crippen LogP contribution in [0.3, 0.4) is 0 Å². The lowest BCUT2D eigenvalue weighted by molar-refractivity contribution is -0.127. The molecule has 5 N–H and O–H groups in total. The lowest BCUT2D eigenvalue weighted by Gasteiger charge is -2.31. The molecule has 1 aliphatic carbocycles. The summed E-state index contributed by atoms with van der Waals surface area (Å²) in [7, 11) is -3.44. The van der Waals surface area contributed by atoms with Crippen LogP contribution in [-0.4, -0.2) is 32.2 Å². The number of primary sulfonamides is 1. The van der Waals surface area contributed by atoms with E-state index in [0.29, 0.717) is 25.8 Å². The first-order valence-corrected chi connectivity index (χ1v) is 7.63. The van der Waals surface area contributed by atoms with E-state index in [9.17, 15) is 13.2 Å². The predicted molar refractivity (Wildman–Crippen MR) is 65.6 cm³/mol. The van der Waals surface area contributed by atoms with Gasteiger partial charge in [0.25, 0.3) is 0 Å². The van der Waals surface area contributed by atoms with E-state index in [-0.39, 0.29) is 11.7 Å². The quantitative estimate of drug-likeness (QED) is 0.577. The van der Waals surface area contributed by atoms with Gasteiger partial charge in [0.05, 0.1) is 11.3 Å². The molecule has 0 aliphatic heterocycles. The van der Waals surface area contributed by atoms with Crippen molar-refractivity contribution in [1.82, 2.24) is 5.32 Å². The third-order valence-electron chi connectivity index (χ3n) is 3.09. The highest BCUT2D eigenvalue weighted by Gasteiger charge is 2.34. The van der Waals surface area contributed by atoms with Gasteiger partial charge in [0, 0.05) is 6.54 Å². The van der Waals surface area contributed by atoms with Gasteiger partial charge in [-0.15, -0.1) is 0 Å². The van der Waals surface area contributed by atoms with Crippen molar-refractivity contribution in [2.75, 3.05) is 12.3 Å². The molecule has 0 bridgehead atoms. The van der Waals surface area contributed by atoms with Gasteiger partial charge in [-0.25, -0.2) is 13.6 Å². The maximum atomic E-state index is 11.8. The standard InChI is InChI=1S/C10H21N3O3S/c11-10(5-2-1-3-6-10)9(14)13-7-4-8-17(12,15)16/h1-8,11H2,(H,13,14)(H2,12,15,16). The van der Waals surface area contributed by atoms with Gasteiger partial charge in [-0.1, -0.05) is 19.3 Å². The first kappa shape index (κ1) is 14.4. The van der Waals surface area contributed by atoms with Crippen molar-refractivity contribution in [3.8, 4) is 0 Å². The number of hydrogen-bond donors (Lipinski definition) is 3. The minimum atomic E-state index is -3.44. The van der Waals surface area contributed by atoms with Gasteiger partial charge in [0.2, 0.25) is 15.9 Å². The van der Waals surface area contributed by atoms with Gasteiger partial charge < -0.3 is 11.1 Å². The summed E-state index contributed by atoms with van der Waals surface area (Å²) in [5.41, 5.74) is 5.25. The minimum Gasteiger partial charge on any atom is -0.354 e. The second-order valence-electron chi connectivity index (χ2n) is 4.69. The highest BCUT2D eigenvalue weighted by atomic mass is 32.2. The summed E-state index contributed by atoms with van der Waals surface area (Å²) in [6, 6.07) is 0. The Balaban J connectivity index is 2.29. The van der Waals surface area contributed by atoms with Crippen molar-refractivity contribution in [3.63, 3.8) is 0 Å². The zero-order valence-electron chi connectivity index (χ0n) is 9.94. The Morgan fingerprint density at radius 3 is 2.35 bits per heavy atom. The fraction of sp³-hybridized carbons (Fsp3) is 0.900. The zero-order chi connectivity index (χ0) is 12.9. The maximum absolute atomic E-state index is 11.8. The van der Waals surface area contributed by atoms with Gasteiger partial charge >= 0.3 is 0 Å². The van der Waals surface area contributed by atoms with Gasteiger partial charge in [-0.2, -0.15) is 0 Å². The summed E-state index contributed by atoms with van der Waals surface area (Å²) in [5.74, 6) is -0.295. The van der Waals surface area contributed by atoms with Gasteiger partial charge in [0.1, 0.15) is 0 Å². The van der Waals surface area contributed by atoms with E-state index in [1.807, 2.05) is 0 Å². The molecule has 0 spiro atoms. The van der Waals surface area contributed by atoms with Crippen LogP contribution in [0, 0.1) is 0 Å². The molecule has 1 saturated carbocycles. The third kappa shape index (κ3) is 5.01. The molecule has 0 unspecified atom stereocenters. The van der Waals surface area contributed by atoms with Crippen LogP contribution in [0.1, 0.15) is 38.5 Å². The van der Waals surface area contributed by atoms with Gasteiger partial charge in [0.15, 0.2) is 0 Å². The molecule has 100 valence electrons. The van der Waals surface area contributed by atoms with E-state index < -0.39 is 15.6 Å². The number of nitrogens with one attached hydrogen (secondary N) is 1. The molecule has 6 nitrogen and oxygen atoms in total. The summed E-state index contributed by atoms with van der Waals surface area (Å²) >= 11 is 0. The van der Waals surface area contributed by atoms with Crippen LogP contribution in [0.15, 0.2) is 0 Å². The summed E-state index contributed by atoms with van der Waals surface area (Å²) in [5, 5.41) is 7.54. The number of sulfonamides is 1. The monoisotopic (exact) mass is 263 g/mol. The fourth-order valence-corrected chi connectivity index (χ4v) is 2.61. The second-order valence-corrected chi connectivity index (χ2v) is 6.43. The van der Waals surface area contributed by atoms with E-state index >= 15 is 0 Å². The molecule has 7 heteroatoms. The Kier molecular flexibility index (Phi) is 4.91. The lowest BCUT2D eigenvalue weighted by atomic mass is 9.82. The second kappa shape index (κ2) is 5.79. The van der Waals surface area contributed by atoms with E-state index in [2.05, 4.69) is 5.32 Å². The van der Waals surface area contributed by atoms with Crippen molar-refractivity contribution >= 4 is 15.9 Å². The highest BCUT2D eigenvalue weighted by molar-refractivity contribution is 7.89. The Hall–Kier alpha value is -0.660. The van der Waals surface area contributed by atoms with E-state index in [1.165, 1.54) is 0 Å². The fourth-order valence-electron chi connectivity index (χ4n) is 2.06. The number of rotatable bonds is 5. The van der Waals surface area contributed by atoms with Crippen molar-refractivity contribution < 1.29 is 13.2 Å². The summed E-state index contributed by atoms with van der Waals surface area (Å²) in [6.45, 7) is 0.300. The van der Waals surface area contributed by atoms with Gasteiger partial charge in [-0.3, -0.25) is 4.79 Å². The van der Waals surface area contributed by atoms with Crippen molar-refractivity contribution in [3.05, 3.63) is 0 Å². The molecule has 0 aromatic heterocycles.